The molecule has 0 spiro atoms. The van der Waals surface area contributed by atoms with Gasteiger partial charge in [0.25, 0.3) is 0 Å². The Kier molecular flexibility index (Phi) is 8.55. The van der Waals surface area contributed by atoms with Gasteiger partial charge in [0.15, 0.2) is 17.5 Å². The molecule has 0 aliphatic rings. The highest BCUT2D eigenvalue weighted by molar-refractivity contribution is 6.26. The molecule has 72 heavy (non-hydrogen) atoms. The summed E-state index contributed by atoms with van der Waals surface area (Å²) in [6.45, 7) is 0. The third-order valence-electron chi connectivity index (χ3n) is 14.2. The molecule has 5 aromatic heterocycles. The predicted molar refractivity (Wildman–Crippen MR) is 290 cm³/mol. The number of hydrogen-bond donors (Lipinski definition) is 0. The van der Waals surface area contributed by atoms with Crippen LogP contribution in [-0.4, -0.2) is 24.1 Å². The molecule has 0 aliphatic carbocycles. The summed E-state index contributed by atoms with van der Waals surface area (Å²) in [7, 11) is 0. The lowest BCUT2D eigenvalue weighted by Gasteiger charge is -2.14. The van der Waals surface area contributed by atoms with Gasteiger partial charge in [-0.25, -0.2) is 15.0 Å². The van der Waals surface area contributed by atoms with E-state index in [0.717, 1.165) is 116 Å². The van der Waals surface area contributed by atoms with E-state index in [0.29, 0.717) is 34.2 Å². The molecule has 0 unspecified atom stereocenters. The molecule has 5 heterocycles. The van der Waals surface area contributed by atoms with Gasteiger partial charge in [-0.1, -0.05) is 146 Å². The lowest BCUT2D eigenvalue weighted by atomic mass is 9.99. The summed E-state index contributed by atoms with van der Waals surface area (Å²) in [5.41, 5.74) is 13.9. The summed E-state index contributed by atoms with van der Waals surface area (Å²) in [5, 5.41) is 19.8. The quantitative estimate of drug-likeness (QED) is 0.165. The molecule has 0 atom stereocenters. The van der Waals surface area contributed by atoms with Gasteiger partial charge >= 0.3 is 0 Å². The fraction of sp³-hybridized carbons (Fsp3) is 0. The van der Waals surface area contributed by atoms with Crippen LogP contribution < -0.4 is 0 Å². The van der Waals surface area contributed by atoms with Crippen LogP contribution in [0.5, 0.6) is 0 Å². The number of para-hydroxylation sites is 5. The minimum absolute atomic E-state index is 0.434. The molecule has 0 N–H and O–H groups in total. The molecule has 0 bridgehead atoms. The number of rotatable bonds is 6. The van der Waals surface area contributed by atoms with Gasteiger partial charge in [0.2, 0.25) is 0 Å². The Labute approximate surface area is 410 Å². The molecule has 0 radical (unpaired) electrons. The molecule has 0 aliphatic heterocycles. The normalized spacial score (nSPS) is 11.9. The van der Waals surface area contributed by atoms with Crippen molar-refractivity contribution < 1.29 is 8.83 Å². The largest absolute Gasteiger partial charge is 0.456 e. The molecule has 0 fully saturated rings. The molecule has 0 saturated heterocycles. The first-order chi connectivity index (χ1) is 35.7. The Hall–Kier alpha value is -10.1. The van der Waals surface area contributed by atoms with Gasteiger partial charge in [0, 0.05) is 59.9 Å². The van der Waals surface area contributed by atoms with Crippen LogP contribution in [0.15, 0.2) is 227 Å². The lowest BCUT2D eigenvalue weighted by molar-refractivity contribution is 0.668. The Bertz CT molecular complexity index is 4780. The number of fused-ring (bicyclic) bond motifs is 13. The van der Waals surface area contributed by atoms with Crippen molar-refractivity contribution in [1.82, 2.24) is 24.1 Å². The smallest absolute Gasteiger partial charge is 0.167 e. The van der Waals surface area contributed by atoms with Crippen molar-refractivity contribution in [2.75, 3.05) is 0 Å². The zero-order chi connectivity index (χ0) is 47.4. The highest BCUT2D eigenvalue weighted by Gasteiger charge is 2.24. The van der Waals surface area contributed by atoms with Crippen molar-refractivity contribution in [2.24, 2.45) is 0 Å². The first-order valence-electron chi connectivity index (χ1n) is 23.9. The van der Waals surface area contributed by atoms with Crippen LogP contribution >= 0.6 is 0 Å². The number of nitriles is 1. The standard InChI is InChI=1S/C64H36N6O2/c65-37-40-35-39(62-66-63(48-21-5-4-17-42(48)38-15-2-1-3-16-38)68-64(67-62)50-24-14-23-47-44-19-8-13-28-57(44)72-61(47)50)29-32-52(40)70-53-25-10-6-18-43(53)46-31-33-55-59(60(46)70)49-22-7-11-26-54(49)69(55)41-30-34-58-51(36-41)45-20-9-12-27-56(45)71-58/h1-36H. The van der Waals surface area contributed by atoms with E-state index in [9.17, 15) is 5.26 Å². The van der Waals surface area contributed by atoms with E-state index >= 15 is 0 Å². The van der Waals surface area contributed by atoms with Gasteiger partial charge in [-0.2, -0.15) is 5.26 Å². The summed E-state index contributed by atoms with van der Waals surface area (Å²) < 4.78 is 17.4. The molecular formula is C64H36N6O2. The van der Waals surface area contributed by atoms with Crippen molar-refractivity contribution in [3.8, 4) is 62.7 Å². The zero-order valence-corrected chi connectivity index (χ0v) is 38.3. The van der Waals surface area contributed by atoms with Gasteiger partial charge in [0.05, 0.1) is 38.9 Å². The van der Waals surface area contributed by atoms with Crippen LogP contribution in [0.3, 0.4) is 0 Å². The monoisotopic (exact) mass is 920 g/mol. The van der Waals surface area contributed by atoms with E-state index in [2.05, 4.69) is 143 Å². The van der Waals surface area contributed by atoms with Crippen LogP contribution in [0.4, 0.5) is 0 Å². The summed E-state index contributed by atoms with van der Waals surface area (Å²) in [6.07, 6.45) is 0. The van der Waals surface area contributed by atoms with Gasteiger partial charge in [-0.05, 0) is 83.9 Å². The molecule has 15 aromatic rings. The maximum absolute atomic E-state index is 11.3. The zero-order valence-electron chi connectivity index (χ0n) is 38.3. The third-order valence-corrected chi connectivity index (χ3v) is 14.2. The van der Waals surface area contributed by atoms with Crippen LogP contribution in [-0.2, 0) is 0 Å². The highest BCUT2D eigenvalue weighted by Crippen LogP contribution is 2.44. The number of hydrogen-bond acceptors (Lipinski definition) is 6. The average molecular weight is 921 g/mol. The summed E-state index contributed by atoms with van der Waals surface area (Å²) in [4.78, 5) is 15.7. The Morgan fingerprint density at radius 1 is 0.375 bits per heavy atom. The van der Waals surface area contributed by atoms with Crippen molar-refractivity contribution in [3.63, 3.8) is 0 Å². The predicted octanol–water partition coefficient (Wildman–Crippen LogP) is 16.4. The van der Waals surface area contributed by atoms with Crippen LogP contribution in [0.2, 0.25) is 0 Å². The molecule has 8 heteroatoms. The number of aromatic nitrogens is 5. The maximum atomic E-state index is 11.3. The Morgan fingerprint density at radius 3 is 1.79 bits per heavy atom. The van der Waals surface area contributed by atoms with Crippen molar-refractivity contribution in [3.05, 3.63) is 224 Å². The first-order valence-corrected chi connectivity index (χ1v) is 23.9. The SMILES string of the molecule is N#Cc1cc(-c2nc(-c3ccccc3-c3ccccc3)nc(-c3cccc4c3oc3ccccc34)n2)ccc1-n1c2ccccc2c2ccc3c(c4ccccc4n3-c3ccc4oc5ccccc5c4c3)c21. The van der Waals surface area contributed by atoms with Crippen molar-refractivity contribution >= 4 is 87.5 Å². The first kappa shape index (κ1) is 39.9. The van der Waals surface area contributed by atoms with Crippen molar-refractivity contribution in [2.45, 2.75) is 0 Å². The lowest BCUT2D eigenvalue weighted by Crippen LogP contribution is -2.03. The minimum Gasteiger partial charge on any atom is -0.456 e. The summed E-state index contributed by atoms with van der Waals surface area (Å²) in [6, 6.07) is 77.3. The second-order valence-corrected chi connectivity index (χ2v) is 18.2. The van der Waals surface area contributed by atoms with Gasteiger partial charge < -0.3 is 18.0 Å². The van der Waals surface area contributed by atoms with Crippen LogP contribution in [0.25, 0.3) is 144 Å². The van der Waals surface area contributed by atoms with E-state index < -0.39 is 0 Å². The van der Waals surface area contributed by atoms with E-state index in [1.165, 1.54) is 0 Å². The van der Waals surface area contributed by atoms with E-state index in [-0.39, 0.29) is 0 Å². The van der Waals surface area contributed by atoms with E-state index in [1.54, 1.807) is 0 Å². The highest BCUT2D eigenvalue weighted by atomic mass is 16.3. The van der Waals surface area contributed by atoms with Crippen molar-refractivity contribution in [1.29, 1.82) is 5.26 Å². The second kappa shape index (κ2) is 15.5. The average Bonchev–Trinajstić information content (AvgIpc) is 4.20. The fourth-order valence-corrected chi connectivity index (χ4v) is 11.1. The Balaban J connectivity index is 0.958. The third kappa shape index (κ3) is 5.89. The Morgan fingerprint density at radius 2 is 0.986 bits per heavy atom. The molecular weight excluding hydrogens is 885 g/mol. The van der Waals surface area contributed by atoms with Gasteiger partial charge in [0.1, 0.15) is 28.4 Å². The second-order valence-electron chi connectivity index (χ2n) is 18.2. The molecule has 15 rings (SSSR count). The number of nitrogens with zero attached hydrogens (tertiary/aromatic N) is 6. The molecule has 8 nitrogen and oxygen atoms in total. The van der Waals surface area contributed by atoms with Gasteiger partial charge in [-0.3, -0.25) is 0 Å². The molecule has 0 amide bonds. The maximum Gasteiger partial charge on any atom is 0.167 e. The topological polar surface area (TPSA) is 98.6 Å². The number of furan rings is 2. The molecule has 0 saturated carbocycles. The van der Waals surface area contributed by atoms with Crippen LogP contribution in [0.1, 0.15) is 5.56 Å². The van der Waals surface area contributed by atoms with E-state index in [4.69, 9.17) is 23.8 Å². The number of benzene rings is 10. The van der Waals surface area contributed by atoms with Gasteiger partial charge in [-0.15, -0.1) is 0 Å². The van der Waals surface area contributed by atoms with E-state index in [1.807, 2.05) is 91.0 Å². The molecule has 10 aromatic carbocycles. The fourth-order valence-electron chi connectivity index (χ4n) is 11.1. The molecule has 334 valence electrons. The van der Waals surface area contributed by atoms with Crippen LogP contribution in [0, 0.1) is 11.3 Å². The summed E-state index contributed by atoms with van der Waals surface area (Å²) in [5.74, 6) is 1.40. The minimum atomic E-state index is 0.434. The summed E-state index contributed by atoms with van der Waals surface area (Å²) >= 11 is 0.